The van der Waals surface area contributed by atoms with Crippen LogP contribution < -0.4 is 4.90 Å². The highest BCUT2D eigenvalue weighted by Crippen LogP contribution is 2.28. The zero-order valence-corrected chi connectivity index (χ0v) is 15.3. The van der Waals surface area contributed by atoms with Crippen LogP contribution in [-0.4, -0.2) is 64.4 Å². The quantitative estimate of drug-likeness (QED) is 0.779. The van der Waals surface area contributed by atoms with Gasteiger partial charge in [-0.15, -0.1) is 0 Å². The van der Waals surface area contributed by atoms with Crippen molar-refractivity contribution in [1.29, 1.82) is 0 Å². The van der Waals surface area contributed by atoms with E-state index < -0.39 is 0 Å². The molecule has 27 heavy (non-hydrogen) atoms. The number of nitrogens with zero attached hydrogens (tertiary/aromatic N) is 5. The Labute approximate surface area is 158 Å². The van der Waals surface area contributed by atoms with E-state index in [0.29, 0.717) is 43.7 Å². The molecule has 1 aliphatic carbocycles. The number of carbonyl (C=O) groups is 1. The molecule has 2 heterocycles. The van der Waals surface area contributed by atoms with Crippen molar-refractivity contribution in [2.75, 3.05) is 37.6 Å². The molecular weight excluding hydrogens is 345 g/mol. The Balaban J connectivity index is 1.33. The monoisotopic (exact) mass is 369 g/mol. The van der Waals surface area contributed by atoms with Gasteiger partial charge in [0.1, 0.15) is 5.82 Å². The molecule has 4 rings (SSSR count). The van der Waals surface area contributed by atoms with Crippen molar-refractivity contribution in [1.82, 2.24) is 19.8 Å². The van der Waals surface area contributed by atoms with Gasteiger partial charge in [-0.05, 0) is 25.0 Å². The van der Waals surface area contributed by atoms with Crippen LogP contribution in [0, 0.1) is 5.82 Å². The summed E-state index contributed by atoms with van der Waals surface area (Å²) in [6.45, 7) is 3.62. The minimum atomic E-state index is -0.202. The molecule has 2 aromatic rings. The van der Waals surface area contributed by atoms with Crippen LogP contribution in [0.25, 0.3) is 0 Å². The molecule has 142 valence electrons. The minimum absolute atomic E-state index is 0.117. The standard InChI is InChI=1S/C20H24FN5O/c21-18-5-2-1-4-16(18)14-26(17-6-7-17)15-19(27)24-10-12-25(13-11-24)20-22-8-3-9-23-20/h1-5,8-9,17H,6-7,10-15H2. The van der Waals surface area contributed by atoms with E-state index >= 15 is 0 Å². The Hall–Kier alpha value is -2.54. The molecule has 0 unspecified atom stereocenters. The summed E-state index contributed by atoms with van der Waals surface area (Å²) >= 11 is 0. The van der Waals surface area contributed by atoms with Crippen LogP contribution in [-0.2, 0) is 11.3 Å². The van der Waals surface area contributed by atoms with Gasteiger partial charge in [-0.3, -0.25) is 9.69 Å². The van der Waals surface area contributed by atoms with Gasteiger partial charge in [0.2, 0.25) is 11.9 Å². The van der Waals surface area contributed by atoms with Crippen LogP contribution in [0.4, 0.5) is 10.3 Å². The number of hydrogen-bond donors (Lipinski definition) is 0. The zero-order chi connectivity index (χ0) is 18.6. The topological polar surface area (TPSA) is 52.6 Å². The molecule has 0 spiro atoms. The Morgan fingerprint density at radius 3 is 2.44 bits per heavy atom. The lowest BCUT2D eigenvalue weighted by atomic mass is 10.2. The van der Waals surface area contributed by atoms with Crippen molar-refractivity contribution < 1.29 is 9.18 Å². The molecule has 1 saturated carbocycles. The molecule has 7 heteroatoms. The Kier molecular flexibility index (Phi) is 5.29. The van der Waals surface area contributed by atoms with Crippen molar-refractivity contribution in [2.24, 2.45) is 0 Å². The number of anilines is 1. The molecule has 1 saturated heterocycles. The zero-order valence-electron chi connectivity index (χ0n) is 15.3. The third-order valence-corrected chi connectivity index (χ3v) is 5.20. The Morgan fingerprint density at radius 1 is 1.07 bits per heavy atom. The van der Waals surface area contributed by atoms with Crippen molar-refractivity contribution in [2.45, 2.75) is 25.4 Å². The highest BCUT2D eigenvalue weighted by atomic mass is 19.1. The minimum Gasteiger partial charge on any atom is -0.338 e. The predicted molar refractivity (Wildman–Crippen MR) is 101 cm³/mol. The van der Waals surface area contributed by atoms with Crippen LogP contribution in [0.2, 0.25) is 0 Å². The first-order valence-electron chi connectivity index (χ1n) is 9.48. The van der Waals surface area contributed by atoms with Crippen molar-refractivity contribution in [3.05, 3.63) is 54.1 Å². The number of carbonyl (C=O) groups excluding carboxylic acids is 1. The second-order valence-corrected chi connectivity index (χ2v) is 7.14. The van der Waals surface area contributed by atoms with E-state index in [-0.39, 0.29) is 11.7 Å². The van der Waals surface area contributed by atoms with Gasteiger partial charge in [-0.1, -0.05) is 18.2 Å². The largest absolute Gasteiger partial charge is 0.338 e. The number of benzene rings is 1. The molecule has 6 nitrogen and oxygen atoms in total. The number of amides is 1. The molecular formula is C20H24FN5O. The average molecular weight is 369 g/mol. The summed E-state index contributed by atoms with van der Waals surface area (Å²) in [5, 5.41) is 0. The molecule has 2 aliphatic rings. The number of aromatic nitrogens is 2. The average Bonchev–Trinajstić information content (AvgIpc) is 3.55. The fourth-order valence-corrected chi connectivity index (χ4v) is 3.48. The smallest absolute Gasteiger partial charge is 0.236 e. The van der Waals surface area contributed by atoms with Crippen LogP contribution in [0.5, 0.6) is 0 Å². The van der Waals surface area contributed by atoms with Gasteiger partial charge in [0, 0.05) is 56.7 Å². The van der Waals surface area contributed by atoms with Gasteiger partial charge in [0.25, 0.3) is 0 Å². The number of piperazine rings is 1. The number of halogens is 1. The van der Waals surface area contributed by atoms with Crippen molar-refractivity contribution in [3.8, 4) is 0 Å². The van der Waals surface area contributed by atoms with E-state index in [4.69, 9.17) is 0 Å². The van der Waals surface area contributed by atoms with Gasteiger partial charge in [0.05, 0.1) is 6.54 Å². The second kappa shape index (κ2) is 8.00. The van der Waals surface area contributed by atoms with Gasteiger partial charge in [-0.25, -0.2) is 14.4 Å². The normalized spacial score (nSPS) is 17.4. The molecule has 1 aliphatic heterocycles. The van der Waals surface area contributed by atoms with Crippen molar-refractivity contribution in [3.63, 3.8) is 0 Å². The van der Waals surface area contributed by atoms with Crippen LogP contribution in [0.1, 0.15) is 18.4 Å². The maximum atomic E-state index is 14.0. The summed E-state index contributed by atoms with van der Waals surface area (Å²) in [5.41, 5.74) is 0.656. The molecule has 1 amide bonds. The first kappa shape index (κ1) is 17.9. The Bertz CT molecular complexity index is 775. The summed E-state index contributed by atoms with van der Waals surface area (Å²) < 4.78 is 14.0. The summed E-state index contributed by atoms with van der Waals surface area (Å²) in [5.74, 6) is 0.628. The van der Waals surface area contributed by atoms with E-state index in [1.807, 2.05) is 11.0 Å². The molecule has 1 aromatic carbocycles. The summed E-state index contributed by atoms with van der Waals surface area (Å²) in [6, 6.07) is 9.01. The summed E-state index contributed by atoms with van der Waals surface area (Å²) in [4.78, 5) is 27.5. The number of hydrogen-bond acceptors (Lipinski definition) is 5. The lowest BCUT2D eigenvalue weighted by Gasteiger charge is -2.35. The molecule has 2 fully saturated rings. The molecule has 0 radical (unpaired) electrons. The Morgan fingerprint density at radius 2 is 1.78 bits per heavy atom. The van der Waals surface area contributed by atoms with Gasteiger partial charge in [-0.2, -0.15) is 0 Å². The van der Waals surface area contributed by atoms with Gasteiger partial charge >= 0.3 is 0 Å². The van der Waals surface area contributed by atoms with Crippen LogP contribution >= 0.6 is 0 Å². The van der Waals surface area contributed by atoms with E-state index in [2.05, 4.69) is 19.8 Å². The second-order valence-electron chi connectivity index (χ2n) is 7.14. The molecule has 0 N–H and O–H groups in total. The lowest BCUT2D eigenvalue weighted by Crippen LogP contribution is -2.51. The molecule has 0 atom stereocenters. The highest BCUT2D eigenvalue weighted by Gasteiger charge is 2.32. The van der Waals surface area contributed by atoms with E-state index in [1.54, 1.807) is 30.6 Å². The van der Waals surface area contributed by atoms with Crippen LogP contribution in [0.15, 0.2) is 42.7 Å². The third kappa shape index (κ3) is 4.42. The first-order valence-corrected chi connectivity index (χ1v) is 9.48. The lowest BCUT2D eigenvalue weighted by molar-refractivity contribution is -0.133. The highest BCUT2D eigenvalue weighted by molar-refractivity contribution is 5.78. The summed E-state index contributed by atoms with van der Waals surface area (Å²) in [6.07, 6.45) is 5.63. The van der Waals surface area contributed by atoms with Crippen molar-refractivity contribution >= 4 is 11.9 Å². The molecule has 1 aromatic heterocycles. The van der Waals surface area contributed by atoms with E-state index in [9.17, 15) is 9.18 Å². The third-order valence-electron chi connectivity index (χ3n) is 5.20. The van der Waals surface area contributed by atoms with E-state index in [1.165, 1.54) is 6.07 Å². The predicted octanol–water partition coefficient (Wildman–Crippen LogP) is 1.93. The fraction of sp³-hybridized carbons (Fsp3) is 0.450. The van der Waals surface area contributed by atoms with Crippen LogP contribution in [0.3, 0.4) is 0 Å². The van der Waals surface area contributed by atoms with Gasteiger partial charge in [0.15, 0.2) is 0 Å². The maximum absolute atomic E-state index is 14.0. The fourth-order valence-electron chi connectivity index (χ4n) is 3.48. The SMILES string of the molecule is O=C(CN(Cc1ccccc1F)C1CC1)N1CCN(c2ncccn2)CC1. The van der Waals surface area contributed by atoms with E-state index in [0.717, 1.165) is 25.9 Å². The first-order chi connectivity index (χ1) is 13.2. The summed E-state index contributed by atoms with van der Waals surface area (Å²) in [7, 11) is 0. The van der Waals surface area contributed by atoms with Gasteiger partial charge < -0.3 is 9.80 Å². The maximum Gasteiger partial charge on any atom is 0.236 e. The number of rotatable bonds is 6. The molecule has 0 bridgehead atoms.